The predicted octanol–water partition coefficient (Wildman–Crippen LogP) is 3.37. The summed E-state index contributed by atoms with van der Waals surface area (Å²) in [5, 5.41) is -0.862. The third kappa shape index (κ3) is 6.86. The number of hydrogen-bond acceptors (Lipinski definition) is 7. The van der Waals surface area contributed by atoms with Crippen LogP contribution in [0.2, 0.25) is 10.0 Å². The van der Waals surface area contributed by atoms with Gasteiger partial charge in [-0.15, -0.1) is 0 Å². The fraction of sp³-hybridized carbons (Fsp3) is 0.440. The van der Waals surface area contributed by atoms with Crippen LogP contribution >= 0.6 is 23.2 Å². The predicted molar refractivity (Wildman–Crippen MR) is 153 cm³/mol. The average Bonchev–Trinajstić information content (AvgIpc) is 3.33. The summed E-state index contributed by atoms with van der Waals surface area (Å²) in [7, 11) is -7.33. The molecule has 0 amide bonds. The van der Waals surface area contributed by atoms with Crippen LogP contribution in [-0.2, 0) is 39.1 Å². The molecule has 0 saturated carbocycles. The zero-order chi connectivity index (χ0) is 31.2. The van der Waals surface area contributed by atoms with Crippen molar-refractivity contribution in [3.8, 4) is 0 Å². The normalized spacial score (nSPS) is 16.9. The molecule has 1 saturated heterocycles. The van der Waals surface area contributed by atoms with E-state index in [0.717, 1.165) is 6.26 Å². The Morgan fingerprint density at radius 3 is 2.40 bits per heavy atom. The number of benzene rings is 2. The van der Waals surface area contributed by atoms with E-state index < -0.39 is 65.8 Å². The molecule has 3 aromatic rings. The van der Waals surface area contributed by atoms with E-state index >= 15 is 0 Å². The third-order valence-electron chi connectivity index (χ3n) is 7.13. The van der Waals surface area contributed by atoms with Crippen LogP contribution in [0.25, 0.3) is 10.9 Å². The van der Waals surface area contributed by atoms with Gasteiger partial charge in [-0.3, -0.25) is 14.3 Å². The SMILES string of the molecule is CCS(=O)(=O)c1ccc(Cl)cc1Cn1c(=O)[nH]c2c(Cl)c(CN3CCC[C@H]3CNS(C)(=O)=O)c(C(F)(F)F)cc2c1=O. The van der Waals surface area contributed by atoms with Crippen molar-refractivity contribution in [2.75, 3.05) is 25.1 Å². The lowest BCUT2D eigenvalue weighted by molar-refractivity contribution is -0.138. The molecule has 1 aromatic heterocycles. The van der Waals surface area contributed by atoms with Gasteiger partial charge in [0.25, 0.3) is 5.56 Å². The lowest BCUT2D eigenvalue weighted by atomic mass is 10.0. The molecular formula is C25H27Cl2F3N4O6S2. The molecule has 2 heterocycles. The van der Waals surface area contributed by atoms with Gasteiger partial charge in [-0.05, 0) is 54.8 Å². The van der Waals surface area contributed by atoms with Crippen LogP contribution in [0.3, 0.4) is 0 Å². The number of nitrogens with zero attached hydrogens (tertiary/aromatic N) is 2. The fourth-order valence-electron chi connectivity index (χ4n) is 5.03. The number of aromatic nitrogens is 2. The van der Waals surface area contributed by atoms with Crippen LogP contribution in [0.1, 0.15) is 36.5 Å². The lowest BCUT2D eigenvalue weighted by Gasteiger charge is -2.27. The number of halogens is 5. The van der Waals surface area contributed by atoms with Gasteiger partial charge in [-0.2, -0.15) is 13.2 Å². The van der Waals surface area contributed by atoms with Crippen LogP contribution in [-0.4, -0.2) is 62.4 Å². The van der Waals surface area contributed by atoms with Crippen molar-refractivity contribution in [2.45, 2.75) is 50.0 Å². The highest BCUT2D eigenvalue weighted by molar-refractivity contribution is 7.91. The summed E-state index contributed by atoms with van der Waals surface area (Å²) in [6, 6.07) is 4.06. The molecule has 0 radical (unpaired) electrons. The van der Waals surface area contributed by atoms with Crippen molar-refractivity contribution in [1.82, 2.24) is 19.2 Å². The molecule has 0 spiro atoms. The van der Waals surface area contributed by atoms with E-state index in [-0.39, 0.29) is 45.4 Å². The van der Waals surface area contributed by atoms with Crippen molar-refractivity contribution >= 4 is 54.0 Å². The number of hydrogen-bond donors (Lipinski definition) is 2. The standard InChI is InChI=1S/C25H27Cl2F3N4O6S2/c1-3-42(39,40)20-7-6-15(26)9-14(20)12-34-23(35)17-10-19(25(28,29)30)18(21(27)22(17)32-24(34)36)13-33-8-4-5-16(33)11-31-41(2,37)38/h6-7,9-10,16,31H,3-5,8,11-13H2,1-2H3,(H,32,36)/t16-/m0/s1. The van der Waals surface area contributed by atoms with Gasteiger partial charge in [-0.25, -0.2) is 26.4 Å². The molecule has 1 atom stereocenters. The molecule has 0 unspecified atom stereocenters. The molecule has 1 fully saturated rings. The Kier molecular flexibility index (Phi) is 9.22. The van der Waals surface area contributed by atoms with Crippen molar-refractivity contribution in [3.63, 3.8) is 0 Å². The Hall–Kier alpha value is -2.43. The summed E-state index contributed by atoms with van der Waals surface area (Å²) in [5.41, 5.74) is -3.97. The minimum absolute atomic E-state index is 0.00777. The Bertz CT molecular complexity index is 1880. The van der Waals surface area contributed by atoms with Crippen LogP contribution in [0.4, 0.5) is 13.2 Å². The maximum absolute atomic E-state index is 14.3. The van der Waals surface area contributed by atoms with Gasteiger partial charge >= 0.3 is 11.9 Å². The summed E-state index contributed by atoms with van der Waals surface area (Å²) >= 11 is 12.5. The zero-order valence-corrected chi connectivity index (χ0v) is 25.5. The maximum Gasteiger partial charge on any atom is 0.416 e. The summed E-state index contributed by atoms with van der Waals surface area (Å²) in [6.07, 6.45) is -2.80. The van der Waals surface area contributed by atoms with Crippen LogP contribution in [0, 0.1) is 0 Å². The van der Waals surface area contributed by atoms with Crippen LogP contribution in [0.5, 0.6) is 0 Å². The number of likely N-dealkylation sites (tertiary alicyclic amines) is 1. The Morgan fingerprint density at radius 2 is 1.79 bits per heavy atom. The second-order valence-electron chi connectivity index (χ2n) is 10.0. The first-order chi connectivity index (χ1) is 19.4. The third-order valence-corrected chi connectivity index (χ3v) is 10.3. The molecule has 17 heteroatoms. The highest BCUT2D eigenvalue weighted by Gasteiger charge is 2.37. The second-order valence-corrected chi connectivity index (χ2v) is 14.9. The highest BCUT2D eigenvalue weighted by Crippen LogP contribution is 2.39. The minimum atomic E-state index is -4.93. The molecular weight excluding hydrogens is 644 g/mol. The number of sulfone groups is 1. The molecule has 230 valence electrons. The molecule has 1 aliphatic heterocycles. The largest absolute Gasteiger partial charge is 0.416 e. The van der Waals surface area contributed by atoms with E-state index in [9.17, 15) is 39.6 Å². The van der Waals surface area contributed by atoms with Crippen molar-refractivity contribution in [1.29, 1.82) is 0 Å². The smallest absolute Gasteiger partial charge is 0.305 e. The lowest BCUT2D eigenvalue weighted by Crippen LogP contribution is -2.40. The Labute approximate surface area is 249 Å². The van der Waals surface area contributed by atoms with Gasteiger partial charge in [0.05, 0.1) is 44.9 Å². The quantitative estimate of drug-likeness (QED) is 0.356. The number of rotatable bonds is 9. The summed E-state index contributed by atoms with van der Waals surface area (Å²) in [6.45, 7) is 0.885. The van der Waals surface area contributed by atoms with Crippen molar-refractivity contribution < 1.29 is 30.0 Å². The molecule has 10 nitrogen and oxygen atoms in total. The average molecular weight is 672 g/mol. The number of aromatic amines is 1. The first-order valence-electron chi connectivity index (χ1n) is 12.7. The van der Waals surface area contributed by atoms with E-state index in [1.54, 1.807) is 4.90 Å². The van der Waals surface area contributed by atoms with Gasteiger partial charge in [0.1, 0.15) is 0 Å². The van der Waals surface area contributed by atoms with E-state index in [1.807, 2.05) is 0 Å². The summed E-state index contributed by atoms with van der Waals surface area (Å²) in [4.78, 5) is 30.4. The summed E-state index contributed by atoms with van der Waals surface area (Å²) < 4.78 is 94.2. The monoisotopic (exact) mass is 670 g/mol. The van der Waals surface area contributed by atoms with Gasteiger partial charge in [0.2, 0.25) is 10.0 Å². The van der Waals surface area contributed by atoms with E-state index in [0.29, 0.717) is 30.0 Å². The van der Waals surface area contributed by atoms with Crippen LogP contribution in [0.15, 0.2) is 38.8 Å². The first kappa shape index (κ1) is 32.5. The Balaban J connectivity index is 1.84. The maximum atomic E-state index is 14.3. The van der Waals surface area contributed by atoms with Gasteiger partial charge in [-0.1, -0.05) is 30.1 Å². The highest BCUT2D eigenvalue weighted by atomic mass is 35.5. The Morgan fingerprint density at radius 1 is 1.10 bits per heavy atom. The fourth-order valence-corrected chi connectivity index (χ4v) is 7.14. The van der Waals surface area contributed by atoms with Gasteiger partial charge < -0.3 is 4.98 Å². The molecule has 0 aliphatic carbocycles. The van der Waals surface area contributed by atoms with Gasteiger partial charge in [0, 0.05) is 24.2 Å². The van der Waals surface area contributed by atoms with Gasteiger partial charge in [0.15, 0.2) is 9.84 Å². The van der Waals surface area contributed by atoms with E-state index in [4.69, 9.17) is 23.2 Å². The number of sulfonamides is 1. The van der Waals surface area contributed by atoms with Crippen molar-refractivity contribution in [3.05, 3.63) is 71.8 Å². The van der Waals surface area contributed by atoms with E-state index in [1.165, 1.54) is 25.1 Å². The number of H-pyrrole nitrogens is 1. The number of fused-ring (bicyclic) bond motifs is 1. The molecule has 2 N–H and O–H groups in total. The topological polar surface area (TPSA) is 138 Å². The number of nitrogens with one attached hydrogen (secondary N) is 2. The summed E-state index contributed by atoms with van der Waals surface area (Å²) in [5.74, 6) is -0.278. The van der Waals surface area contributed by atoms with Crippen LogP contribution < -0.4 is 16.0 Å². The molecule has 42 heavy (non-hydrogen) atoms. The first-order valence-corrected chi connectivity index (χ1v) is 17.0. The minimum Gasteiger partial charge on any atom is -0.305 e. The second kappa shape index (κ2) is 11.9. The molecule has 1 aliphatic rings. The van der Waals surface area contributed by atoms with E-state index in [2.05, 4.69) is 9.71 Å². The molecule has 0 bridgehead atoms. The zero-order valence-electron chi connectivity index (χ0n) is 22.4. The number of alkyl halides is 3. The van der Waals surface area contributed by atoms with Crippen molar-refractivity contribution in [2.24, 2.45) is 0 Å². The molecule has 2 aromatic carbocycles. The molecule has 4 rings (SSSR count).